The van der Waals surface area contributed by atoms with Gasteiger partial charge < -0.3 is 14.4 Å². The van der Waals surface area contributed by atoms with Gasteiger partial charge in [0.05, 0.1) is 18.8 Å². The van der Waals surface area contributed by atoms with Gasteiger partial charge in [0.1, 0.15) is 5.76 Å². The maximum absolute atomic E-state index is 10.3. The van der Waals surface area contributed by atoms with Crippen molar-refractivity contribution in [3.8, 4) is 0 Å². The van der Waals surface area contributed by atoms with Crippen LogP contribution in [-0.2, 0) is 12.0 Å². The maximum Gasteiger partial charge on any atom is 0.208 e. The molecule has 0 bridgehead atoms. The van der Waals surface area contributed by atoms with E-state index in [1.54, 1.807) is 0 Å². The van der Waals surface area contributed by atoms with Gasteiger partial charge in [-0.3, -0.25) is 9.80 Å². The molecule has 0 amide bonds. The van der Waals surface area contributed by atoms with Gasteiger partial charge in [-0.1, -0.05) is 20.8 Å². The lowest BCUT2D eigenvalue weighted by Crippen LogP contribution is -2.48. The first-order valence-corrected chi connectivity index (χ1v) is 8.46. The van der Waals surface area contributed by atoms with Gasteiger partial charge in [-0.25, -0.2) is 4.98 Å². The summed E-state index contributed by atoms with van der Waals surface area (Å²) in [5.41, 5.74) is -0.0231. The molecule has 1 N–H and O–H groups in total. The molecule has 132 valence electrons. The largest absolute Gasteiger partial charge is 0.444 e. The SMILES string of the molecule is CN1CCN(CC(O)CN(C)Cc2ncc(C(C)(C)C)o2)CC1. The zero-order valence-electron chi connectivity index (χ0n) is 15.2. The molecule has 6 nitrogen and oxygen atoms in total. The summed E-state index contributed by atoms with van der Waals surface area (Å²) < 4.78 is 5.81. The third-order valence-electron chi connectivity index (χ3n) is 4.29. The van der Waals surface area contributed by atoms with Crippen molar-refractivity contribution in [2.24, 2.45) is 0 Å². The molecule has 0 saturated carbocycles. The van der Waals surface area contributed by atoms with Crippen LogP contribution >= 0.6 is 0 Å². The summed E-state index contributed by atoms with van der Waals surface area (Å²) in [6, 6.07) is 0. The second kappa shape index (κ2) is 7.75. The van der Waals surface area contributed by atoms with Crippen LogP contribution in [0.15, 0.2) is 10.6 Å². The van der Waals surface area contributed by atoms with E-state index in [1.165, 1.54) is 0 Å². The van der Waals surface area contributed by atoms with E-state index in [-0.39, 0.29) is 11.5 Å². The summed E-state index contributed by atoms with van der Waals surface area (Å²) in [6.45, 7) is 12.5. The quantitative estimate of drug-likeness (QED) is 0.843. The minimum Gasteiger partial charge on any atom is -0.444 e. The number of nitrogens with zero attached hydrogens (tertiary/aromatic N) is 4. The number of hydrogen-bond acceptors (Lipinski definition) is 6. The minimum atomic E-state index is -0.347. The third-order valence-corrected chi connectivity index (χ3v) is 4.29. The number of likely N-dealkylation sites (N-methyl/N-ethyl adjacent to an activating group) is 2. The van der Waals surface area contributed by atoms with Gasteiger partial charge in [0.2, 0.25) is 5.89 Å². The van der Waals surface area contributed by atoms with Crippen LogP contribution in [0.25, 0.3) is 0 Å². The number of hydrogen-bond donors (Lipinski definition) is 1. The van der Waals surface area contributed by atoms with E-state index in [0.29, 0.717) is 19.0 Å². The Morgan fingerprint density at radius 3 is 2.52 bits per heavy atom. The molecule has 2 rings (SSSR count). The normalized spacial score (nSPS) is 19.4. The van der Waals surface area contributed by atoms with Crippen molar-refractivity contribution in [1.82, 2.24) is 19.7 Å². The lowest BCUT2D eigenvalue weighted by molar-refractivity contribution is 0.0576. The molecule has 1 aromatic heterocycles. The molecule has 1 aliphatic heterocycles. The van der Waals surface area contributed by atoms with Gasteiger partial charge in [0, 0.05) is 44.7 Å². The Morgan fingerprint density at radius 1 is 1.30 bits per heavy atom. The number of oxazole rings is 1. The molecular weight excluding hydrogens is 292 g/mol. The fraction of sp³-hybridized carbons (Fsp3) is 0.824. The van der Waals surface area contributed by atoms with Crippen molar-refractivity contribution in [3.63, 3.8) is 0 Å². The van der Waals surface area contributed by atoms with E-state index >= 15 is 0 Å². The van der Waals surface area contributed by atoms with Gasteiger partial charge in [-0.05, 0) is 14.1 Å². The van der Waals surface area contributed by atoms with Crippen LogP contribution in [0.3, 0.4) is 0 Å². The first kappa shape index (κ1) is 18.4. The number of rotatable bonds is 6. The fourth-order valence-corrected chi connectivity index (χ4v) is 2.77. The van der Waals surface area contributed by atoms with Crippen molar-refractivity contribution in [1.29, 1.82) is 0 Å². The number of aliphatic hydroxyl groups is 1. The summed E-state index contributed by atoms with van der Waals surface area (Å²) >= 11 is 0. The summed E-state index contributed by atoms with van der Waals surface area (Å²) in [5.74, 6) is 1.61. The summed E-state index contributed by atoms with van der Waals surface area (Å²) in [4.78, 5) is 11.1. The van der Waals surface area contributed by atoms with Crippen molar-refractivity contribution in [2.75, 3.05) is 53.4 Å². The molecule has 1 aliphatic rings. The molecular formula is C17H32N4O2. The van der Waals surface area contributed by atoms with E-state index in [4.69, 9.17) is 4.42 Å². The van der Waals surface area contributed by atoms with Crippen LogP contribution in [0.1, 0.15) is 32.4 Å². The predicted octanol–water partition coefficient (Wildman–Crippen LogP) is 1.01. The van der Waals surface area contributed by atoms with Crippen LogP contribution < -0.4 is 0 Å². The smallest absolute Gasteiger partial charge is 0.208 e. The minimum absolute atomic E-state index is 0.0231. The topological polar surface area (TPSA) is 56.0 Å². The number of piperazine rings is 1. The Morgan fingerprint density at radius 2 is 1.96 bits per heavy atom. The second-order valence-corrected chi connectivity index (χ2v) is 7.82. The standard InChI is InChI=1S/C17H32N4O2/c1-17(2,3)15-10-18-16(23-15)13-20(5)11-14(22)12-21-8-6-19(4)7-9-21/h10,14,22H,6-9,11-13H2,1-5H3. The molecule has 1 atom stereocenters. The van der Waals surface area contributed by atoms with Crippen molar-refractivity contribution >= 4 is 0 Å². The molecule has 0 spiro atoms. The average Bonchev–Trinajstić information content (AvgIpc) is 2.89. The molecule has 0 aliphatic carbocycles. The summed E-state index contributed by atoms with van der Waals surface area (Å²) in [7, 11) is 4.14. The monoisotopic (exact) mass is 324 g/mol. The highest BCUT2D eigenvalue weighted by Gasteiger charge is 2.21. The van der Waals surface area contributed by atoms with E-state index in [2.05, 4.69) is 47.5 Å². The van der Waals surface area contributed by atoms with E-state index in [9.17, 15) is 5.11 Å². The maximum atomic E-state index is 10.3. The Labute approximate surface area is 140 Å². The number of aliphatic hydroxyl groups excluding tert-OH is 1. The first-order chi connectivity index (χ1) is 10.7. The molecule has 0 aromatic carbocycles. The highest BCUT2D eigenvalue weighted by atomic mass is 16.4. The third kappa shape index (κ3) is 5.88. The summed E-state index contributed by atoms with van der Waals surface area (Å²) in [5, 5.41) is 10.3. The zero-order chi connectivity index (χ0) is 17.0. The average molecular weight is 324 g/mol. The lowest BCUT2D eigenvalue weighted by Gasteiger charge is -2.34. The van der Waals surface area contributed by atoms with Gasteiger partial charge >= 0.3 is 0 Å². The molecule has 2 heterocycles. The highest BCUT2D eigenvalue weighted by molar-refractivity contribution is 5.05. The number of β-amino-alcohol motifs (C(OH)–C–C–N with tert-alkyl or cyclic N) is 1. The summed E-state index contributed by atoms with van der Waals surface area (Å²) in [6.07, 6.45) is 1.46. The van der Waals surface area contributed by atoms with Crippen molar-refractivity contribution < 1.29 is 9.52 Å². The van der Waals surface area contributed by atoms with Gasteiger partial charge in [0.15, 0.2) is 0 Å². The predicted molar refractivity (Wildman–Crippen MR) is 91.5 cm³/mol. The molecule has 23 heavy (non-hydrogen) atoms. The highest BCUT2D eigenvalue weighted by Crippen LogP contribution is 2.22. The fourth-order valence-electron chi connectivity index (χ4n) is 2.77. The van der Waals surface area contributed by atoms with Gasteiger partial charge in [-0.2, -0.15) is 0 Å². The Balaban J connectivity index is 1.75. The van der Waals surface area contributed by atoms with E-state index < -0.39 is 0 Å². The van der Waals surface area contributed by atoms with Crippen LogP contribution in [0.2, 0.25) is 0 Å². The van der Waals surface area contributed by atoms with Crippen LogP contribution in [-0.4, -0.2) is 84.3 Å². The van der Waals surface area contributed by atoms with Crippen LogP contribution in [0, 0.1) is 0 Å². The number of aromatic nitrogens is 1. The molecule has 0 radical (unpaired) electrons. The Bertz CT molecular complexity index is 475. The van der Waals surface area contributed by atoms with E-state index in [0.717, 1.165) is 38.5 Å². The second-order valence-electron chi connectivity index (χ2n) is 7.82. The molecule has 1 unspecified atom stereocenters. The Hall–Kier alpha value is -0.950. The van der Waals surface area contributed by atoms with Crippen molar-refractivity contribution in [2.45, 2.75) is 38.8 Å². The lowest BCUT2D eigenvalue weighted by atomic mass is 9.94. The van der Waals surface area contributed by atoms with E-state index in [1.807, 2.05) is 13.2 Å². The van der Waals surface area contributed by atoms with Crippen LogP contribution in [0.4, 0.5) is 0 Å². The molecule has 1 fully saturated rings. The zero-order valence-corrected chi connectivity index (χ0v) is 15.2. The van der Waals surface area contributed by atoms with Gasteiger partial charge in [-0.15, -0.1) is 0 Å². The molecule has 6 heteroatoms. The van der Waals surface area contributed by atoms with Gasteiger partial charge in [0.25, 0.3) is 0 Å². The Kier molecular flexibility index (Phi) is 6.19. The van der Waals surface area contributed by atoms with Crippen LogP contribution in [0.5, 0.6) is 0 Å². The molecule has 1 aromatic rings. The molecule has 1 saturated heterocycles. The first-order valence-electron chi connectivity index (χ1n) is 8.46. The van der Waals surface area contributed by atoms with Crippen molar-refractivity contribution in [3.05, 3.63) is 17.8 Å².